The molecule has 3 aromatic rings. The van der Waals surface area contributed by atoms with Crippen molar-refractivity contribution in [1.29, 1.82) is 0 Å². The quantitative estimate of drug-likeness (QED) is 0.420. The van der Waals surface area contributed by atoms with Gasteiger partial charge in [0.1, 0.15) is 17.3 Å². The minimum absolute atomic E-state index is 0.00532. The molecule has 3 aromatic heterocycles. The van der Waals surface area contributed by atoms with Crippen LogP contribution in [0.25, 0.3) is 5.65 Å². The predicted octanol–water partition coefficient (Wildman–Crippen LogP) is 3.15. The summed E-state index contributed by atoms with van der Waals surface area (Å²) in [6.45, 7) is 0. The molecule has 0 bridgehead atoms. The van der Waals surface area contributed by atoms with Crippen LogP contribution in [0.1, 0.15) is 61.3 Å². The average molecular weight is 481 g/mol. The van der Waals surface area contributed by atoms with Gasteiger partial charge in [0.15, 0.2) is 11.4 Å². The van der Waals surface area contributed by atoms with Crippen LogP contribution in [0.5, 0.6) is 0 Å². The maximum atomic E-state index is 13.2. The highest BCUT2D eigenvalue weighted by molar-refractivity contribution is 6.01. The molecule has 2 fully saturated rings. The Morgan fingerprint density at radius 3 is 2.86 bits per heavy atom. The van der Waals surface area contributed by atoms with Crippen LogP contribution < -0.4 is 16.2 Å². The molecular formula is C25H32N6O4. The van der Waals surface area contributed by atoms with Gasteiger partial charge in [0.05, 0.1) is 30.0 Å². The molecule has 10 heteroatoms. The Labute approximate surface area is 203 Å². The van der Waals surface area contributed by atoms with E-state index in [0.29, 0.717) is 47.3 Å². The molecule has 186 valence electrons. The van der Waals surface area contributed by atoms with E-state index in [4.69, 9.17) is 4.74 Å². The molecule has 5 rings (SSSR count). The molecule has 3 N–H and O–H groups in total. The van der Waals surface area contributed by atoms with E-state index in [1.54, 1.807) is 53.8 Å². The predicted molar refractivity (Wildman–Crippen MR) is 132 cm³/mol. The van der Waals surface area contributed by atoms with E-state index in [1.807, 2.05) is 0 Å². The van der Waals surface area contributed by atoms with Crippen LogP contribution in [0.3, 0.4) is 0 Å². The number of hydrogen-bond acceptors (Lipinski definition) is 8. The van der Waals surface area contributed by atoms with Crippen LogP contribution in [0.15, 0.2) is 35.4 Å². The summed E-state index contributed by atoms with van der Waals surface area (Å²) in [5, 5.41) is 20.9. The number of aliphatic hydroxyl groups excluding tert-OH is 1. The largest absolute Gasteiger partial charge is 0.391 e. The molecule has 4 atom stereocenters. The molecule has 0 unspecified atom stereocenters. The zero-order valence-electron chi connectivity index (χ0n) is 20.1. The molecule has 0 radical (unpaired) electrons. The Bertz CT molecular complexity index is 1280. The second kappa shape index (κ2) is 9.79. The molecule has 0 aliphatic heterocycles. The molecule has 3 heterocycles. The van der Waals surface area contributed by atoms with Crippen LogP contribution in [-0.4, -0.2) is 56.4 Å². The van der Waals surface area contributed by atoms with Crippen molar-refractivity contribution >= 4 is 28.8 Å². The van der Waals surface area contributed by atoms with Gasteiger partial charge in [-0.2, -0.15) is 9.61 Å². The van der Waals surface area contributed by atoms with Gasteiger partial charge in [0.25, 0.3) is 5.56 Å². The zero-order chi connectivity index (χ0) is 24.5. The second-order valence-electron chi connectivity index (χ2n) is 9.56. The third kappa shape index (κ3) is 4.55. The third-order valence-corrected chi connectivity index (χ3v) is 7.37. The maximum absolute atomic E-state index is 13.2. The lowest BCUT2D eigenvalue weighted by Gasteiger charge is -2.19. The van der Waals surface area contributed by atoms with E-state index < -0.39 is 6.10 Å². The number of aliphatic hydroxyl groups is 1. The number of carbonyl (C=O) groups is 1. The average Bonchev–Trinajstić information content (AvgIpc) is 3.59. The number of pyridine rings is 1. The molecule has 0 aromatic carbocycles. The standard InChI is InChI=1S/C25H32N6O4/c1-26-23-13-22(28-18-5-4-10-30(25(18)34)19-6-3-7-20(19)32)29-24-17(14-27-31(23)24)21(33)12-15-8-9-16(11-15)35-2/h4-5,10,13-16,19-20,26,32H,3,6-9,11-12H2,1-2H3,(H,28,29)/t15-,16-,19-,20+/m1/s1. The van der Waals surface area contributed by atoms with Crippen LogP contribution in [-0.2, 0) is 4.74 Å². The number of fused-ring (bicyclic) bond motifs is 1. The summed E-state index contributed by atoms with van der Waals surface area (Å²) >= 11 is 0. The maximum Gasteiger partial charge on any atom is 0.274 e. The van der Waals surface area contributed by atoms with Crippen LogP contribution >= 0.6 is 0 Å². The Balaban J connectivity index is 1.44. The first-order valence-electron chi connectivity index (χ1n) is 12.3. The van der Waals surface area contributed by atoms with Crippen molar-refractivity contribution in [2.24, 2.45) is 5.92 Å². The number of nitrogens with one attached hydrogen (secondary N) is 2. The van der Waals surface area contributed by atoms with Gasteiger partial charge in [-0.25, -0.2) is 4.98 Å². The first-order chi connectivity index (χ1) is 17.0. The van der Waals surface area contributed by atoms with Gasteiger partial charge in [0, 0.05) is 32.8 Å². The van der Waals surface area contributed by atoms with Crippen molar-refractivity contribution < 1.29 is 14.6 Å². The summed E-state index contributed by atoms with van der Waals surface area (Å²) in [7, 11) is 3.48. The molecule has 10 nitrogen and oxygen atoms in total. The Morgan fingerprint density at radius 1 is 1.29 bits per heavy atom. The van der Waals surface area contributed by atoms with Gasteiger partial charge in [-0.1, -0.05) is 0 Å². The minimum atomic E-state index is -0.521. The number of ether oxygens (including phenoxy) is 1. The molecular weight excluding hydrogens is 448 g/mol. The molecule has 2 saturated carbocycles. The minimum Gasteiger partial charge on any atom is -0.391 e. The van der Waals surface area contributed by atoms with E-state index in [2.05, 4.69) is 20.7 Å². The molecule has 2 aliphatic carbocycles. The number of anilines is 3. The number of nitrogens with zero attached hydrogens (tertiary/aromatic N) is 4. The summed E-state index contributed by atoms with van der Waals surface area (Å²) < 4.78 is 8.64. The summed E-state index contributed by atoms with van der Waals surface area (Å²) in [5.41, 5.74) is 1.04. The van der Waals surface area contributed by atoms with E-state index in [0.717, 1.165) is 32.1 Å². The van der Waals surface area contributed by atoms with Crippen LogP contribution in [0, 0.1) is 5.92 Å². The Morgan fingerprint density at radius 2 is 2.14 bits per heavy atom. The summed E-state index contributed by atoms with van der Waals surface area (Å²) in [4.78, 5) is 31.0. The van der Waals surface area contributed by atoms with Gasteiger partial charge in [-0.3, -0.25) is 9.59 Å². The lowest BCUT2D eigenvalue weighted by molar-refractivity contribution is 0.0931. The lowest BCUT2D eigenvalue weighted by Crippen LogP contribution is -2.30. The highest BCUT2D eigenvalue weighted by Gasteiger charge is 2.29. The molecule has 0 spiro atoms. The second-order valence-corrected chi connectivity index (χ2v) is 9.56. The number of ketones is 1. The Hall–Kier alpha value is -3.24. The fraction of sp³-hybridized carbons (Fsp3) is 0.520. The highest BCUT2D eigenvalue weighted by atomic mass is 16.5. The number of methoxy groups -OCH3 is 1. The lowest BCUT2D eigenvalue weighted by atomic mass is 9.98. The van der Waals surface area contributed by atoms with Gasteiger partial charge in [-0.05, 0) is 56.6 Å². The van der Waals surface area contributed by atoms with Crippen molar-refractivity contribution in [3.8, 4) is 0 Å². The van der Waals surface area contributed by atoms with Gasteiger partial charge in [0.2, 0.25) is 0 Å². The van der Waals surface area contributed by atoms with E-state index in [-0.39, 0.29) is 23.5 Å². The van der Waals surface area contributed by atoms with Crippen molar-refractivity contribution in [1.82, 2.24) is 19.2 Å². The van der Waals surface area contributed by atoms with Crippen molar-refractivity contribution in [3.63, 3.8) is 0 Å². The van der Waals surface area contributed by atoms with Crippen LogP contribution in [0.2, 0.25) is 0 Å². The van der Waals surface area contributed by atoms with Crippen molar-refractivity contribution in [3.05, 3.63) is 46.5 Å². The summed E-state index contributed by atoms with van der Waals surface area (Å²) in [5.74, 6) is 1.37. The number of aromatic nitrogens is 4. The summed E-state index contributed by atoms with van der Waals surface area (Å²) in [6, 6.07) is 5.00. The third-order valence-electron chi connectivity index (χ3n) is 7.37. The topological polar surface area (TPSA) is 123 Å². The van der Waals surface area contributed by atoms with E-state index in [1.165, 1.54) is 0 Å². The first kappa shape index (κ1) is 23.5. The Kier molecular flexibility index (Phi) is 6.57. The number of hydrogen-bond donors (Lipinski definition) is 3. The first-order valence-corrected chi connectivity index (χ1v) is 12.3. The number of rotatable bonds is 8. The number of carbonyl (C=O) groups excluding carboxylic acids is 1. The van der Waals surface area contributed by atoms with E-state index >= 15 is 0 Å². The van der Waals surface area contributed by atoms with Gasteiger partial charge in [-0.15, -0.1) is 0 Å². The van der Waals surface area contributed by atoms with Crippen molar-refractivity contribution in [2.75, 3.05) is 24.8 Å². The molecule has 35 heavy (non-hydrogen) atoms. The van der Waals surface area contributed by atoms with Crippen molar-refractivity contribution in [2.45, 2.75) is 63.2 Å². The normalized spacial score (nSPS) is 24.2. The highest BCUT2D eigenvalue weighted by Crippen LogP contribution is 2.32. The van der Waals surface area contributed by atoms with Gasteiger partial charge < -0.3 is 25.0 Å². The monoisotopic (exact) mass is 480 g/mol. The molecule has 0 amide bonds. The van der Waals surface area contributed by atoms with Crippen LogP contribution in [0.4, 0.5) is 17.3 Å². The smallest absolute Gasteiger partial charge is 0.274 e. The molecule has 0 saturated heterocycles. The fourth-order valence-corrected chi connectivity index (χ4v) is 5.45. The van der Waals surface area contributed by atoms with Gasteiger partial charge >= 0.3 is 0 Å². The SMILES string of the molecule is CNc1cc(Nc2cccn([C@@H]3CCC[C@@H]3O)c2=O)nc2c(C(=O)C[C@@H]3CC[C@@H](OC)C3)cnn12. The molecule has 2 aliphatic rings. The number of Topliss-reactive ketones (excluding diaryl/α,β-unsaturated/α-hetero) is 1. The van der Waals surface area contributed by atoms with E-state index in [9.17, 15) is 14.7 Å². The zero-order valence-corrected chi connectivity index (χ0v) is 20.1. The summed E-state index contributed by atoms with van der Waals surface area (Å²) in [6.07, 6.45) is 8.62. The fourth-order valence-electron chi connectivity index (χ4n) is 5.45.